The van der Waals surface area contributed by atoms with E-state index in [0.29, 0.717) is 28.9 Å². The first-order valence-corrected chi connectivity index (χ1v) is 9.21. The van der Waals surface area contributed by atoms with Gasteiger partial charge in [0, 0.05) is 37.1 Å². The molecule has 1 aromatic carbocycles. The van der Waals surface area contributed by atoms with Crippen molar-refractivity contribution in [2.75, 3.05) is 12.3 Å². The third kappa shape index (κ3) is 3.33. The van der Waals surface area contributed by atoms with Crippen LogP contribution in [0.2, 0.25) is 0 Å². The second-order valence-electron chi connectivity index (χ2n) is 6.92. The van der Waals surface area contributed by atoms with Crippen LogP contribution in [0.4, 0.5) is 10.3 Å². The highest BCUT2D eigenvalue weighted by Crippen LogP contribution is 2.37. The molecule has 1 aliphatic rings. The van der Waals surface area contributed by atoms with Gasteiger partial charge in [0.25, 0.3) is 5.91 Å². The van der Waals surface area contributed by atoms with Gasteiger partial charge in [-0.25, -0.2) is 14.4 Å². The first-order chi connectivity index (χ1) is 13.5. The molecule has 3 heterocycles. The van der Waals surface area contributed by atoms with Crippen molar-refractivity contribution in [2.24, 2.45) is 7.05 Å². The summed E-state index contributed by atoms with van der Waals surface area (Å²) in [5.74, 6) is -0.373. The number of anilines is 1. The molecule has 7 nitrogen and oxygen atoms in total. The van der Waals surface area contributed by atoms with Gasteiger partial charge in [-0.2, -0.15) is 5.10 Å². The lowest BCUT2D eigenvalue weighted by molar-refractivity contribution is 0.0606. The second-order valence-corrected chi connectivity index (χ2v) is 6.92. The van der Waals surface area contributed by atoms with Crippen molar-refractivity contribution in [2.45, 2.75) is 25.3 Å². The highest BCUT2D eigenvalue weighted by molar-refractivity contribution is 5.94. The number of carbonyl (C=O) groups excluding carboxylic acids is 1. The van der Waals surface area contributed by atoms with Crippen molar-refractivity contribution in [3.63, 3.8) is 0 Å². The molecule has 1 aliphatic heterocycles. The molecule has 0 saturated carbocycles. The molecule has 2 N–H and O–H groups in total. The van der Waals surface area contributed by atoms with Crippen molar-refractivity contribution in [1.82, 2.24) is 24.6 Å². The molecule has 1 amide bonds. The number of carbonyl (C=O) groups is 1. The molecule has 1 atom stereocenters. The van der Waals surface area contributed by atoms with Crippen LogP contribution >= 0.6 is 0 Å². The van der Waals surface area contributed by atoms with Gasteiger partial charge in [-0.3, -0.25) is 9.48 Å². The number of nitrogen functional groups attached to an aromatic ring is 1. The maximum atomic E-state index is 14.5. The van der Waals surface area contributed by atoms with E-state index < -0.39 is 0 Å². The molecule has 1 fully saturated rings. The predicted molar refractivity (Wildman–Crippen MR) is 103 cm³/mol. The Morgan fingerprint density at radius 3 is 2.79 bits per heavy atom. The van der Waals surface area contributed by atoms with Gasteiger partial charge in [0.05, 0.1) is 23.5 Å². The number of rotatable bonds is 3. The number of hydrogen-bond donors (Lipinski definition) is 1. The number of aromatic nitrogens is 4. The fourth-order valence-corrected chi connectivity index (χ4v) is 3.71. The summed E-state index contributed by atoms with van der Waals surface area (Å²) in [5.41, 5.74) is 7.91. The first-order valence-electron chi connectivity index (χ1n) is 9.21. The minimum Gasteiger partial charge on any atom is -0.368 e. The number of nitrogens with two attached hydrogens (primary N) is 1. The minimum absolute atomic E-state index is 0.106. The lowest BCUT2D eigenvalue weighted by atomic mass is 9.93. The minimum atomic E-state index is -0.363. The largest absolute Gasteiger partial charge is 0.368 e. The monoisotopic (exact) mass is 380 g/mol. The summed E-state index contributed by atoms with van der Waals surface area (Å²) in [6.45, 7) is 0.596. The molecular formula is C20H21FN6O. The second kappa shape index (κ2) is 7.38. The molecule has 8 heteroatoms. The van der Waals surface area contributed by atoms with E-state index in [9.17, 15) is 9.18 Å². The number of hydrogen-bond acceptors (Lipinski definition) is 5. The molecule has 1 saturated heterocycles. The molecule has 0 radical (unpaired) electrons. The summed E-state index contributed by atoms with van der Waals surface area (Å²) in [5, 5.41) is 4.10. The fraction of sp³-hybridized carbons (Fsp3) is 0.300. The number of likely N-dealkylation sites (tertiary alicyclic amines) is 1. The SMILES string of the molecule is Cn1cc(C(=O)N2CCCC[C@@H]2c2nc(N)ncc2-c2ccccc2F)cn1. The Bertz CT molecular complexity index is 1020. The van der Waals surface area contributed by atoms with Crippen LogP contribution in [-0.4, -0.2) is 37.1 Å². The number of nitrogens with zero attached hydrogens (tertiary/aromatic N) is 5. The number of halogens is 1. The van der Waals surface area contributed by atoms with E-state index in [4.69, 9.17) is 5.73 Å². The average molecular weight is 380 g/mol. The van der Waals surface area contributed by atoms with Crippen LogP contribution in [0.25, 0.3) is 11.1 Å². The maximum Gasteiger partial charge on any atom is 0.257 e. The van der Waals surface area contributed by atoms with E-state index in [1.54, 1.807) is 47.2 Å². The third-order valence-corrected chi connectivity index (χ3v) is 5.03. The van der Waals surface area contributed by atoms with Gasteiger partial charge in [-0.15, -0.1) is 0 Å². The number of benzene rings is 1. The Balaban J connectivity index is 1.79. The van der Waals surface area contributed by atoms with Crippen molar-refractivity contribution in [3.05, 3.63) is 59.9 Å². The Kier molecular flexibility index (Phi) is 4.77. The summed E-state index contributed by atoms with van der Waals surface area (Å²) in [4.78, 5) is 23.4. The van der Waals surface area contributed by atoms with Gasteiger partial charge >= 0.3 is 0 Å². The number of aryl methyl sites for hydroxylation is 1. The summed E-state index contributed by atoms with van der Waals surface area (Å²) >= 11 is 0. The fourth-order valence-electron chi connectivity index (χ4n) is 3.71. The van der Waals surface area contributed by atoms with Crippen molar-refractivity contribution >= 4 is 11.9 Å². The first kappa shape index (κ1) is 18.1. The predicted octanol–water partition coefficient (Wildman–Crippen LogP) is 2.97. The van der Waals surface area contributed by atoms with E-state index in [0.717, 1.165) is 19.3 Å². The Labute approximate surface area is 162 Å². The molecule has 28 heavy (non-hydrogen) atoms. The van der Waals surface area contributed by atoms with E-state index in [-0.39, 0.29) is 23.7 Å². The van der Waals surface area contributed by atoms with Crippen LogP contribution in [0.3, 0.4) is 0 Å². The average Bonchev–Trinajstić information content (AvgIpc) is 3.14. The van der Waals surface area contributed by atoms with Crippen molar-refractivity contribution in [1.29, 1.82) is 0 Å². The van der Waals surface area contributed by atoms with Gasteiger partial charge < -0.3 is 10.6 Å². The summed E-state index contributed by atoms with van der Waals surface area (Å²) < 4.78 is 16.1. The van der Waals surface area contributed by atoms with E-state index >= 15 is 0 Å². The highest BCUT2D eigenvalue weighted by Gasteiger charge is 2.32. The van der Waals surface area contributed by atoms with Crippen LogP contribution in [0, 0.1) is 5.82 Å². The molecule has 144 valence electrons. The summed E-state index contributed by atoms with van der Waals surface area (Å²) in [6.07, 6.45) is 7.36. The van der Waals surface area contributed by atoms with Crippen LogP contribution < -0.4 is 5.73 Å². The quantitative estimate of drug-likeness (QED) is 0.754. The van der Waals surface area contributed by atoms with Crippen LogP contribution in [0.5, 0.6) is 0 Å². The van der Waals surface area contributed by atoms with Gasteiger partial charge in [0.1, 0.15) is 5.82 Å². The summed E-state index contributed by atoms with van der Waals surface area (Å²) in [7, 11) is 1.77. The van der Waals surface area contributed by atoms with Crippen LogP contribution in [-0.2, 0) is 7.05 Å². The molecule has 4 rings (SSSR count). The number of amides is 1. The lowest BCUT2D eigenvalue weighted by Crippen LogP contribution is -2.39. The van der Waals surface area contributed by atoms with Crippen molar-refractivity contribution < 1.29 is 9.18 Å². The van der Waals surface area contributed by atoms with Gasteiger partial charge in [0.2, 0.25) is 5.95 Å². The zero-order chi connectivity index (χ0) is 19.7. The van der Waals surface area contributed by atoms with E-state index in [2.05, 4.69) is 15.1 Å². The summed E-state index contributed by atoms with van der Waals surface area (Å²) in [6, 6.07) is 6.17. The van der Waals surface area contributed by atoms with Crippen molar-refractivity contribution in [3.8, 4) is 11.1 Å². The van der Waals surface area contributed by atoms with Gasteiger partial charge in [-0.05, 0) is 25.3 Å². The maximum absolute atomic E-state index is 14.5. The Hall–Kier alpha value is -3.29. The number of piperidine rings is 1. The Morgan fingerprint density at radius 1 is 1.21 bits per heavy atom. The van der Waals surface area contributed by atoms with Crippen LogP contribution in [0.15, 0.2) is 42.9 Å². The molecule has 0 aliphatic carbocycles. The van der Waals surface area contributed by atoms with Gasteiger partial charge in [-0.1, -0.05) is 18.2 Å². The van der Waals surface area contributed by atoms with Gasteiger partial charge in [0.15, 0.2) is 0 Å². The topological polar surface area (TPSA) is 89.9 Å². The lowest BCUT2D eigenvalue weighted by Gasteiger charge is -2.36. The molecule has 0 bridgehead atoms. The normalized spacial score (nSPS) is 16.9. The molecule has 0 unspecified atom stereocenters. The van der Waals surface area contributed by atoms with E-state index in [1.807, 2.05) is 0 Å². The molecular weight excluding hydrogens is 359 g/mol. The van der Waals surface area contributed by atoms with Crippen LogP contribution in [0.1, 0.15) is 41.4 Å². The molecule has 3 aromatic rings. The Morgan fingerprint density at radius 2 is 2.04 bits per heavy atom. The standard InChI is InChI=1S/C20H21FN6O/c1-26-12-13(10-24-26)19(28)27-9-5-4-8-17(27)18-15(11-23-20(22)25-18)14-6-2-3-7-16(14)21/h2-3,6-7,10-12,17H,4-5,8-9H2,1H3,(H2,22,23,25)/t17-/m1/s1. The molecule has 2 aromatic heterocycles. The zero-order valence-corrected chi connectivity index (χ0v) is 15.5. The smallest absolute Gasteiger partial charge is 0.257 e. The third-order valence-electron chi connectivity index (χ3n) is 5.03. The molecule has 0 spiro atoms. The van der Waals surface area contributed by atoms with E-state index in [1.165, 1.54) is 12.3 Å². The zero-order valence-electron chi connectivity index (χ0n) is 15.5. The highest BCUT2D eigenvalue weighted by atomic mass is 19.1.